The molecule has 2 aliphatic heterocycles. The Morgan fingerprint density at radius 1 is 1.02 bits per heavy atom. The largest absolute Gasteiger partial charge is 0.481 e. The van der Waals surface area contributed by atoms with Crippen LogP contribution < -0.4 is 20.3 Å². The number of hydrogen-bond donors (Lipinski definition) is 2. The molecule has 3 aromatic heterocycles. The summed E-state index contributed by atoms with van der Waals surface area (Å²) in [4.78, 5) is 51.0. The van der Waals surface area contributed by atoms with E-state index in [1.807, 2.05) is 37.3 Å². The van der Waals surface area contributed by atoms with Crippen molar-refractivity contribution in [2.45, 2.75) is 32.5 Å². The molecule has 4 aromatic rings. The van der Waals surface area contributed by atoms with Crippen molar-refractivity contribution < 1.29 is 14.3 Å². The first kappa shape index (κ1) is 31.2. The van der Waals surface area contributed by atoms with E-state index in [0.29, 0.717) is 45.9 Å². The van der Waals surface area contributed by atoms with Crippen molar-refractivity contribution in [1.82, 2.24) is 35.1 Å². The van der Waals surface area contributed by atoms with Gasteiger partial charge in [-0.05, 0) is 50.7 Å². The molecular formula is C33H36ClN9O3. The molecule has 0 saturated carbocycles. The highest BCUT2D eigenvalue weighted by molar-refractivity contribution is 6.33. The van der Waals surface area contributed by atoms with Gasteiger partial charge in [-0.15, -0.1) is 0 Å². The van der Waals surface area contributed by atoms with Crippen molar-refractivity contribution in [2.75, 3.05) is 50.6 Å². The van der Waals surface area contributed by atoms with Crippen LogP contribution in [0, 0.1) is 0 Å². The molecule has 46 heavy (non-hydrogen) atoms. The zero-order valence-electron chi connectivity index (χ0n) is 26.2. The first-order valence-corrected chi connectivity index (χ1v) is 15.5. The summed E-state index contributed by atoms with van der Waals surface area (Å²) >= 11 is 6.51. The Hall–Kier alpha value is -4.81. The average molecular weight is 642 g/mol. The molecule has 0 bridgehead atoms. The molecule has 6 rings (SSSR count). The number of hydrogen-bond acceptors (Lipinski definition) is 10. The average Bonchev–Trinajstić information content (AvgIpc) is 3.40. The van der Waals surface area contributed by atoms with Crippen LogP contribution in [0.1, 0.15) is 41.5 Å². The highest BCUT2D eigenvalue weighted by Gasteiger charge is 2.35. The number of rotatable bonds is 9. The summed E-state index contributed by atoms with van der Waals surface area (Å²) in [6.45, 7) is 7.76. The number of fused-ring (bicyclic) bond motifs is 1. The van der Waals surface area contributed by atoms with Crippen molar-refractivity contribution in [1.29, 1.82) is 0 Å². The minimum Gasteiger partial charge on any atom is -0.481 e. The summed E-state index contributed by atoms with van der Waals surface area (Å²) in [5.74, 6) is 1.21. The van der Waals surface area contributed by atoms with Gasteiger partial charge >= 0.3 is 0 Å². The molecule has 0 aliphatic carbocycles. The van der Waals surface area contributed by atoms with Crippen LogP contribution in [0.5, 0.6) is 5.88 Å². The van der Waals surface area contributed by atoms with Gasteiger partial charge in [-0.3, -0.25) is 9.59 Å². The number of halogens is 1. The number of methoxy groups -OCH3 is 1. The number of carbonyl (C=O) groups is 2. The lowest BCUT2D eigenvalue weighted by atomic mass is 10.0. The molecule has 0 spiro atoms. The van der Waals surface area contributed by atoms with Gasteiger partial charge in [0, 0.05) is 61.8 Å². The van der Waals surface area contributed by atoms with Crippen molar-refractivity contribution in [3.63, 3.8) is 0 Å². The van der Waals surface area contributed by atoms with Crippen LogP contribution in [-0.4, -0.2) is 87.9 Å². The number of likely N-dealkylation sites (N-methyl/N-ethyl adjacent to an activating group) is 1. The summed E-state index contributed by atoms with van der Waals surface area (Å²) in [5.41, 5.74) is 3.94. The van der Waals surface area contributed by atoms with Gasteiger partial charge in [-0.25, -0.2) is 19.9 Å². The second kappa shape index (κ2) is 13.3. The van der Waals surface area contributed by atoms with Crippen LogP contribution in [0.15, 0.2) is 60.9 Å². The minimum atomic E-state index is -0.692. The Morgan fingerprint density at radius 3 is 2.61 bits per heavy atom. The molecule has 0 radical (unpaired) electrons. The fourth-order valence-corrected chi connectivity index (χ4v) is 5.78. The van der Waals surface area contributed by atoms with E-state index in [-0.39, 0.29) is 17.9 Å². The van der Waals surface area contributed by atoms with Crippen LogP contribution in [0.25, 0.3) is 11.3 Å². The molecule has 2 N–H and O–H groups in total. The first-order valence-electron chi connectivity index (χ1n) is 15.1. The van der Waals surface area contributed by atoms with E-state index in [1.165, 1.54) is 6.20 Å². The van der Waals surface area contributed by atoms with Gasteiger partial charge in [0.15, 0.2) is 0 Å². The summed E-state index contributed by atoms with van der Waals surface area (Å²) in [6.07, 6.45) is 3.12. The molecule has 5 heterocycles. The zero-order chi connectivity index (χ0) is 32.4. The second-order valence-corrected chi connectivity index (χ2v) is 11.9. The van der Waals surface area contributed by atoms with E-state index in [4.69, 9.17) is 21.3 Å². The maximum absolute atomic E-state index is 13.6. The van der Waals surface area contributed by atoms with Gasteiger partial charge in [0.2, 0.25) is 17.7 Å². The predicted octanol–water partition coefficient (Wildman–Crippen LogP) is 4.31. The van der Waals surface area contributed by atoms with Crippen LogP contribution in [-0.2, 0) is 11.3 Å². The third-order valence-corrected chi connectivity index (χ3v) is 8.67. The number of carbonyl (C=O) groups excluding carboxylic acids is 2. The smallest absolute Gasteiger partial charge is 0.255 e. The zero-order valence-corrected chi connectivity index (χ0v) is 27.0. The van der Waals surface area contributed by atoms with E-state index >= 15 is 0 Å². The molecular weight excluding hydrogens is 606 g/mol. The number of piperazine rings is 1. The lowest BCUT2D eigenvalue weighted by Crippen LogP contribution is -2.46. The number of aromatic nitrogens is 4. The number of ether oxygens (including phenoxy) is 1. The molecule has 2 unspecified atom stereocenters. The number of benzene rings is 1. The fourth-order valence-electron chi connectivity index (χ4n) is 5.58. The molecule has 238 valence electrons. The maximum Gasteiger partial charge on any atom is 0.255 e. The SMILES string of the molecule is COc1cc(Nc2ncc(Cl)c(-c3ccc4c(c3)C(=O)N(C(C)C(=O)NC(C)c3cccc(N5CCN(C)CC5)n3)C4)n2)ccn1. The van der Waals surface area contributed by atoms with Crippen LogP contribution in [0.4, 0.5) is 17.5 Å². The third-order valence-electron chi connectivity index (χ3n) is 8.39. The number of anilines is 3. The quantitative estimate of drug-likeness (QED) is 0.273. The lowest BCUT2D eigenvalue weighted by Gasteiger charge is -2.33. The molecule has 2 amide bonds. The Kier molecular flexibility index (Phi) is 9.00. The van der Waals surface area contributed by atoms with Crippen molar-refractivity contribution in [2.24, 2.45) is 0 Å². The molecule has 13 heteroatoms. The van der Waals surface area contributed by atoms with Crippen LogP contribution >= 0.6 is 11.6 Å². The molecule has 2 aliphatic rings. The van der Waals surface area contributed by atoms with E-state index in [9.17, 15) is 9.59 Å². The third kappa shape index (κ3) is 6.58. The lowest BCUT2D eigenvalue weighted by molar-refractivity contribution is -0.125. The van der Waals surface area contributed by atoms with E-state index < -0.39 is 6.04 Å². The Balaban J connectivity index is 1.13. The van der Waals surface area contributed by atoms with Gasteiger partial charge in [0.05, 0.1) is 35.8 Å². The first-order chi connectivity index (χ1) is 22.2. The van der Waals surface area contributed by atoms with Crippen LogP contribution in [0.2, 0.25) is 5.02 Å². The Bertz CT molecular complexity index is 1760. The predicted molar refractivity (Wildman–Crippen MR) is 176 cm³/mol. The number of nitrogens with zero attached hydrogens (tertiary/aromatic N) is 7. The van der Waals surface area contributed by atoms with Gasteiger partial charge in [-0.2, -0.15) is 0 Å². The van der Waals surface area contributed by atoms with Gasteiger partial charge < -0.3 is 30.1 Å². The summed E-state index contributed by atoms with van der Waals surface area (Å²) in [5, 5.41) is 6.53. The summed E-state index contributed by atoms with van der Waals surface area (Å²) in [7, 11) is 3.66. The van der Waals surface area contributed by atoms with Crippen molar-refractivity contribution in [3.8, 4) is 17.1 Å². The molecule has 1 aromatic carbocycles. The van der Waals surface area contributed by atoms with Gasteiger partial charge in [-0.1, -0.05) is 29.8 Å². The monoisotopic (exact) mass is 641 g/mol. The minimum absolute atomic E-state index is 0.227. The number of pyridine rings is 2. The summed E-state index contributed by atoms with van der Waals surface area (Å²) < 4.78 is 5.18. The highest BCUT2D eigenvalue weighted by Crippen LogP contribution is 2.33. The molecule has 1 fully saturated rings. The van der Waals surface area contributed by atoms with E-state index in [2.05, 4.69) is 42.4 Å². The Labute approximate surface area is 272 Å². The topological polar surface area (TPSA) is 129 Å². The Morgan fingerprint density at radius 2 is 1.83 bits per heavy atom. The van der Waals surface area contributed by atoms with Crippen LogP contribution in [0.3, 0.4) is 0 Å². The molecule has 12 nitrogen and oxygen atoms in total. The summed E-state index contributed by atoms with van der Waals surface area (Å²) in [6, 6.07) is 13.9. The fraction of sp³-hybridized carbons (Fsp3) is 0.333. The second-order valence-electron chi connectivity index (χ2n) is 11.5. The number of amides is 2. The van der Waals surface area contributed by atoms with Gasteiger partial charge in [0.1, 0.15) is 11.9 Å². The van der Waals surface area contributed by atoms with E-state index in [1.54, 1.807) is 43.3 Å². The maximum atomic E-state index is 13.6. The van der Waals surface area contributed by atoms with E-state index in [0.717, 1.165) is 43.3 Å². The highest BCUT2D eigenvalue weighted by atomic mass is 35.5. The van der Waals surface area contributed by atoms with Crippen molar-refractivity contribution in [3.05, 3.63) is 82.8 Å². The molecule has 1 saturated heterocycles. The normalized spacial score (nSPS) is 16.2. The number of nitrogens with one attached hydrogen (secondary N) is 2. The standard InChI is InChI=1S/C33H36ClN9O3/c1-20(27-6-5-7-28(39-27)42-14-12-41(3)13-15-42)37-31(44)21(2)43-19-23-9-8-22(16-25(23)32(43)45)30-26(34)18-36-33(40-30)38-24-10-11-35-29(17-24)46-4/h5-11,16-18,20-21H,12-15,19H2,1-4H3,(H,37,44)(H,35,36,38,40). The molecule has 2 atom stereocenters. The van der Waals surface area contributed by atoms with Gasteiger partial charge in [0.25, 0.3) is 5.91 Å². The van der Waals surface area contributed by atoms with Crippen molar-refractivity contribution >= 4 is 40.9 Å².